The average molecular weight is 390 g/mol. The number of anilines is 3. The third-order valence-electron chi connectivity index (χ3n) is 4.21. The quantitative estimate of drug-likeness (QED) is 0.611. The fourth-order valence-corrected chi connectivity index (χ4v) is 2.66. The van der Waals surface area contributed by atoms with E-state index in [0.29, 0.717) is 23.7 Å². The molecule has 0 radical (unpaired) electrons. The highest BCUT2D eigenvalue weighted by atomic mass is 16.5. The van der Waals surface area contributed by atoms with Crippen LogP contribution >= 0.6 is 0 Å². The Bertz CT molecular complexity index is 1030. The lowest BCUT2D eigenvalue weighted by molar-refractivity contribution is 0.0526. The molecule has 2 aromatic carbocycles. The number of aromatic nitrogens is 2. The molecule has 148 valence electrons. The third kappa shape index (κ3) is 5.16. The molecule has 0 bridgehead atoms. The lowest BCUT2D eigenvalue weighted by Gasteiger charge is -2.11. The minimum atomic E-state index is -0.400. The highest BCUT2D eigenvalue weighted by molar-refractivity contribution is 6.03. The summed E-state index contributed by atoms with van der Waals surface area (Å²) in [7, 11) is 0. The van der Waals surface area contributed by atoms with E-state index in [0.717, 1.165) is 16.8 Å². The van der Waals surface area contributed by atoms with Gasteiger partial charge in [0.1, 0.15) is 17.8 Å². The SMILES string of the molecule is CCOC(=O)c1ccc(NC(=O)c2cc(Nc3cc(C)ccc3C)ncn2)cc1. The second-order valence-corrected chi connectivity index (χ2v) is 6.48. The fraction of sp³-hybridized carbons (Fsp3) is 0.182. The van der Waals surface area contributed by atoms with Crippen molar-refractivity contribution in [2.24, 2.45) is 0 Å². The third-order valence-corrected chi connectivity index (χ3v) is 4.21. The molecule has 0 atom stereocenters. The van der Waals surface area contributed by atoms with Gasteiger partial charge in [0.15, 0.2) is 0 Å². The van der Waals surface area contributed by atoms with Crippen LogP contribution in [0.5, 0.6) is 0 Å². The molecule has 1 aromatic heterocycles. The lowest BCUT2D eigenvalue weighted by atomic mass is 10.1. The Labute approximate surface area is 169 Å². The minimum absolute atomic E-state index is 0.224. The summed E-state index contributed by atoms with van der Waals surface area (Å²) in [5.41, 5.74) is 4.31. The van der Waals surface area contributed by atoms with E-state index in [9.17, 15) is 9.59 Å². The topological polar surface area (TPSA) is 93.2 Å². The zero-order valence-electron chi connectivity index (χ0n) is 16.5. The standard InChI is InChI=1S/C22H22N4O3/c1-4-29-22(28)16-7-9-17(10-8-16)25-21(27)19-12-20(24-13-23-19)26-18-11-14(2)5-6-15(18)3/h5-13H,4H2,1-3H3,(H,25,27)(H,23,24,26). The Hall–Kier alpha value is -3.74. The molecule has 1 amide bonds. The van der Waals surface area contributed by atoms with Gasteiger partial charge >= 0.3 is 5.97 Å². The van der Waals surface area contributed by atoms with Crippen LogP contribution in [0.15, 0.2) is 54.9 Å². The molecule has 0 aliphatic heterocycles. The summed E-state index contributed by atoms with van der Waals surface area (Å²) in [5, 5.41) is 5.98. The van der Waals surface area contributed by atoms with Crippen LogP contribution in [0.4, 0.5) is 17.2 Å². The van der Waals surface area contributed by atoms with Gasteiger partial charge in [-0.25, -0.2) is 14.8 Å². The van der Waals surface area contributed by atoms with Crippen LogP contribution in [-0.2, 0) is 4.74 Å². The van der Waals surface area contributed by atoms with Crippen LogP contribution in [0.1, 0.15) is 38.9 Å². The number of carbonyl (C=O) groups excluding carboxylic acids is 2. The Morgan fingerprint density at radius 3 is 2.48 bits per heavy atom. The van der Waals surface area contributed by atoms with Crippen molar-refractivity contribution in [3.05, 3.63) is 77.2 Å². The Morgan fingerprint density at radius 2 is 1.76 bits per heavy atom. The van der Waals surface area contributed by atoms with Crippen LogP contribution in [0, 0.1) is 13.8 Å². The van der Waals surface area contributed by atoms with Crippen molar-refractivity contribution in [1.29, 1.82) is 0 Å². The highest BCUT2D eigenvalue weighted by Crippen LogP contribution is 2.21. The minimum Gasteiger partial charge on any atom is -0.462 e. The van der Waals surface area contributed by atoms with Gasteiger partial charge in [-0.3, -0.25) is 4.79 Å². The molecule has 0 aliphatic carbocycles. The predicted octanol–water partition coefficient (Wildman–Crippen LogP) is 4.27. The van der Waals surface area contributed by atoms with Crippen LogP contribution in [-0.4, -0.2) is 28.5 Å². The molecule has 7 nitrogen and oxygen atoms in total. The van der Waals surface area contributed by atoms with E-state index in [4.69, 9.17) is 4.74 Å². The number of hydrogen-bond acceptors (Lipinski definition) is 6. The van der Waals surface area contributed by atoms with E-state index in [2.05, 4.69) is 20.6 Å². The normalized spacial score (nSPS) is 10.3. The summed E-state index contributed by atoms with van der Waals surface area (Å²) in [6.45, 7) is 6.06. The van der Waals surface area contributed by atoms with Crippen molar-refractivity contribution in [2.45, 2.75) is 20.8 Å². The van der Waals surface area contributed by atoms with Crippen molar-refractivity contribution < 1.29 is 14.3 Å². The van der Waals surface area contributed by atoms with Gasteiger partial charge in [-0.15, -0.1) is 0 Å². The molecule has 29 heavy (non-hydrogen) atoms. The van der Waals surface area contributed by atoms with Crippen LogP contribution in [0.3, 0.4) is 0 Å². The second-order valence-electron chi connectivity index (χ2n) is 6.48. The molecule has 7 heteroatoms. The number of ether oxygens (including phenoxy) is 1. The molecular weight excluding hydrogens is 368 g/mol. The van der Waals surface area contributed by atoms with Gasteiger partial charge in [-0.05, 0) is 62.2 Å². The number of rotatable bonds is 6. The number of hydrogen-bond donors (Lipinski definition) is 2. The molecular formula is C22H22N4O3. The summed E-state index contributed by atoms with van der Waals surface area (Å²) >= 11 is 0. The number of aryl methyl sites for hydroxylation is 2. The Morgan fingerprint density at radius 1 is 1.00 bits per heavy atom. The van der Waals surface area contributed by atoms with Crippen molar-refractivity contribution in [2.75, 3.05) is 17.2 Å². The average Bonchev–Trinajstić information content (AvgIpc) is 2.71. The zero-order chi connectivity index (χ0) is 20.8. The van der Waals surface area contributed by atoms with E-state index >= 15 is 0 Å². The number of nitrogens with one attached hydrogen (secondary N) is 2. The monoisotopic (exact) mass is 390 g/mol. The zero-order valence-corrected chi connectivity index (χ0v) is 16.5. The molecule has 2 N–H and O–H groups in total. The van der Waals surface area contributed by atoms with E-state index < -0.39 is 5.97 Å². The molecule has 0 unspecified atom stereocenters. The van der Waals surface area contributed by atoms with Crippen molar-refractivity contribution in [1.82, 2.24) is 9.97 Å². The Balaban J connectivity index is 1.71. The summed E-state index contributed by atoms with van der Waals surface area (Å²) in [4.78, 5) is 32.5. The van der Waals surface area contributed by atoms with Crippen LogP contribution in [0.2, 0.25) is 0 Å². The lowest BCUT2D eigenvalue weighted by Crippen LogP contribution is -2.14. The van der Waals surface area contributed by atoms with Crippen molar-refractivity contribution in [3.8, 4) is 0 Å². The first kappa shape index (κ1) is 20.0. The van der Waals surface area contributed by atoms with Gasteiger partial charge in [0.2, 0.25) is 0 Å². The van der Waals surface area contributed by atoms with Gasteiger partial charge in [-0.2, -0.15) is 0 Å². The van der Waals surface area contributed by atoms with Crippen molar-refractivity contribution >= 4 is 29.1 Å². The van der Waals surface area contributed by atoms with E-state index in [1.807, 2.05) is 32.0 Å². The molecule has 3 rings (SSSR count). The van der Waals surface area contributed by atoms with Crippen molar-refractivity contribution in [3.63, 3.8) is 0 Å². The molecule has 0 fully saturated rings. The summed E-state index contributed by atoms with van der Waals surface area (Å²) in [6, 6.07) is 14.1. The molecule has 1 heterocycles. The molecule has 0 spiro atoms. The smallest absolute Gasteiger partial charge is 0.338 e. The van der Waals surface area contributed by atoms with Gasteiger partial charge in [0, 0.05) is 17.4 Å². The molecule has 0 aliphatic rings. The number of amides is 1. The largest absolute Gasteiger partial charge is 0.462 e. The van der Waals surface area contributed by atoms with Gasteiger partial charge in [-0.1, -0.05) is 12.1 Å². The number of nitrogens with zero attached hydrogens (tertiary/aromatic N) is 2. The molecule has 3 aromatic rings. The van der Waals surface area contributed by atoms with E-state index in [1.165, 1.54) is 6.33 Å². The number of benzene rings is 2. The number of carbonyl (C=O) groups is 2. The first-order valence-corrected chi connectivity index (χ1v) is 9.21. The molecule has 0 saturated carbocycles. The van der Waals surface area contributed by atoms with E-state index in [-0.39, 0.29) is 11.6 Å². The maximum atomic E-state index is 12.5. The maximum absolute atomic E-state index is 12.5. The Kier molecular flexibility index (Phi) is 6.19. The second kappa shape index (κ2) is 8.97. The van der Waals surface area contributed by atoms with Crippen LogP contribution < -0.4 is 10.6 Å². The number of esters is 1. The first-order chi connectivity index (χ1) is 14.0. The van der Waals surface area contributed by atoms with Gasteiger partial charge in [0.05, 0.1) is 12.2 Å². The van der Waals surface area contributed by atoms with Crippen LogP contribution in [0.25, 0.3) is 0 Å². The molecule has 0 saturated heterocycles. The summed E-state index contributed by atoms with van der Waals surface area (Å²) < 4.78 is 4.95. The maximum Gasteiger partial charge on any atom is 0.338 e. The van der Waals surface area contributed by atoms with Gasteiger partial charge in [0.25, 0.3) is 5.91 Å². The highest BCUT2D eigenvalue weighted by Gasteiger charge is 2.11. The summed E-state index contributed by atoms with van der Waals surface area (Å²) in [6.07, 6.45) is 1.34. The first-order valence-electron chi connectivity index (χ1n) is 9.21. The fourth-order valence-electron chi connectivity index (χ4n) is 2.66. The van der Waals surface area contributed by atoms with E-state index in [1.54, 1.807) is 37.3 Å². The van der Waals surface area contributed by atoms with Gasteiger partial charge < -0.3 is 15.4 Å². The summed E-state index contributed by atoms with van der Waals surface area (Å²) in [5.74, 6) is -0.250. The predicted molar refractivity (Wildman–Crippen MR) is 112 cm³/mol.